The van der Waals surface area contributed by atoms with E-state index in [0.29, 0.717) is 37.1 Å². The minimum absolute atomic E-state index is 0.00975. The van der Waals surface area contributed by atoms with Crippen molar-refractivity contribution in [1.82, 2.24) is 0 Å². The van der Waals surface area contributed by atoms with Crippen molar-refractivity contribution in [1.29, 1.82) is 0 Å². The maximum absolute atomic E-state index is 12.6. The zero-order valence-electron chi connectivity index (χ0n) is 37.6. The largest absolute Gasteiger partial charge is 0.326 e. The van der Waals surface area contributed by atoms with Crippen LogP contribution in [0.4, 0.5) is 22.7 Å². The Kier molecular flexibility index (Phi) is 23.4. The van der Waals surface area contributed by atoms with Gasteiger partial charge in [-0.15, -0.1) is 0 Å². The molecule has 0 spiro atoms. The smallest absolute Gasteiger partial charge is 0.224 e. The van der Waals surface area contributed by atoms with Gasteiger partial charge in [0.2, 0.25) is 23.6 Å². The molecule has 0 unspecified atom stereocenters. The standard InChI is InChI=1S/C56H62N4O4/c1-3-5-13-37-53(61)57-49-33-21-29-45(41-49)25-17-19-27-47-31-23-35-51(43-47)59-55(63)39-15-11-9-7-8-10-12-16-40-56(64)60-52-36-24-32-48(44-52)28-20-18-26-46-30-22-34-50(42-46)58-54(62)38-14-6-4-2/h21-24,29-36,41-44H,3-16,37-40H2,1-2H3,(H,57,61)(H,58,62)(H,59,63)(H,60,64). The predicted octanol–water partition coefficient (Wildman–Crippen LogP) is 12.0. The first-order valence-electron chi connectivity index (χ1n) is 22.9. The van der Waals surface area contributed by atoms with Crippen LogP contribution >= 0.6 is 0 Å². The van der Waals surface area contributed by atoms with Crippen molar-refractivity contribution < 1.29 is 19.2 Å². The van der Waals surface area contributed by atoms with Crippen LogP contribution in [0.2, 0.25) is 0 Å². The second kappa shape index (κ2) is 30.1. The topological polar surface area (TPSA) is 116 Å². The highest BCUT2D eigenvalue weighted by Crippen LogP contribution is 2.16. The van der Waals surface area contributed by atoms with E-state index in [1.165, 1.54) is 0 Å². The molecule has 4 rings (SSSR count). The maximum Gasteiger partial charge on any atom is 0.224 e. The van der Waals surface area contributed by atoms with Gasteiger partial charge in [0.1, 0.15) is 0 Å². The molecule has 4 aromatic rings. The van der Waals surface area contributed by atoms with Crippen LogP contribution in [0.25, 0.3) is 0 Å². The molecule has 0 saturated carbocycles. The van der Waals surface area contributed by atoms with Gasteiger partial charge in [0.25, 0.3) is 0 Å². The lowest BCUT2D eigenvalue weighted by atomic mass is 10.1. The molecule has 0 aliphatic carbocycles. The van der Waals surface area contributed by atoms with Crippen LogP contribution in [0, 0.1) is 47.4 Å². The lowest BCUT2D eigenvalue weighted by Crippen LogP contribution is -2.11. The van der Waals surface area contributed by atoms with Crippen LogP contribution in [-0.2, 0) is 19.2 Å². The summed E-state index contributed by atoms with van der Waals surface area (Å²) in [5.41, 5.74) is 5.93. The van der Waals surface area contributed by atoms with Crippen molar-refractivity contribution in [3.8, 4) is 47.4 Å². The van der Waals surface area contributed by atoms with Crippen molar-refractivity contribution in [2.75, 3.05) is 21.3 Å². The monoisotopic (exact) mass is 854 g/mol. The van der Waals surface area contributed by atoms with Gasteiger partial charge in [-0.05, 0) is 122 Å². The number of rotatable bonds is 23. The highest BCUT2D eigenvalue weighted by Gasteiger charge is 2.06. The Balaban J connectivity index is 1.04. The molecular weight excluding hydrogens is 793 g/mol. The molecule has 4 amide bonds. The second-order valence-electron chi connectivity index (χ2n) is 15.8. The van der Waals surface area contributed by atoms with Crippen molar-refractivity contribution >= 4 is 46.4 Å². The third kappa shape index (κ3) is 21.7. The van der Waals surface area contributed by atoms with E-state index in [4.69, 9.17) is 0 Å². The summed E-state index contributed by atoms with van der Waals surface area (Å²) in [6, 6.07) is 29.8. The summed E-state index contributed by atoms with van der Waals surface area (Å²) in [5, 5.41) is 11.8. The zero-order chi connectivity index (χ0) is 45.5. The molecule has 8 heteroatoms. The number of benzene rings is 4. The Morgan fingerprint density at radius 3 is 0.828 bits per heavy atom. The lowest BCUT2D eigenvalue weighted by molar-refractivity contribution is -0.117. The predicted molar refractivity (Wildman–Crippen MR) is 262 cm³/mol. The second-order valence-corrected chi connectivity index (χ2v) is 15.8. The van der Waals surface area contributed by atoms with E-state index in [1.54, 1.807) is 0 Å². The lowest BCUT2D eigenvalue weighted by Gasteiger charge is -2.06. The Hall–Kier alpha value is -7.00. The van der Waals surface area contributed by atoms with E-state index in [0.717, 1.165) is 124 Å². The summed E-state index contributed by atoms with van der Waals surface area (Å²) in [5.74, 6) is 23.7. The number of hydrogen-bond acceptors (Lipinski definition) is 4. The van der Waals surface area contributed by atoms with Gasteiger partial charge < -0.3 is 21.3 Å². The molecule has 330 valence electrons. The van der Waals surface area contributed by atoms with E-state index in [2.05, 4.69) is 82.5 Å². The van der Waals surface area contributed by atoms with Crippen LogP contribution in [0.5, 0.6) is 0 Å². The van der Waals surface area contributed by atoms with Crippen LogP contribution in [-0.4, -0.2) is 23.6 Å². The molecule has 0 aromatic heterocycles. The SMILES string of the molecule is CCCCCC(=O)Nc1cccc(C#CC#Cc2cccc(NC(=O)CCCCCCCCCCC(=O)Nc3cccc(C#CC#Cc4cccc(NC(=O)CCCCC)c4)c3)c2)c1. The van der Waals surface area contributed by atoms with Crippen molar-refractivity contribution in [2.45, 2.75) is 129 Å². The molecule has 0 aliphatic heterocycles. The van der Waals surface area contributed by atoms with Crippen LogP contribution in [0.1, 0.15) is 152 Å². The molecule has 0 radical (unpaired) electrons. The summed E-state index contributed by atoms with van der Waals surface area (Å²) in [6.07, 6.45) is 16.0. The molecule has 0 atom stereocenters. The number of nitrogens with one attached hydrogen (secondary N) is 4. The number of anilines is 4. The third-order valence-electron chi connectivity index (χ3n) is 10.1. The minimum atomic E-state index is -0.00975. The van der Waals surface area contributed by atoms with Gasteiger partial charge in [0, 0.05) is 70.7 Å². The van der Waals surface area contributed by atoms with Gasteiger partial charge in [-0.2, -0.15) is 0 Å². The van der Waals surface area contributed by atoms with Crippen molar-refractivity contribution in [2.24, 2.45) is 0 Å². The first kappa shape index (κ1) is 49.7. The Morgan fingerprint density at radius 1 is 0.344 bits per heavy atom. The van der Waals surface area contributed by atoms with E-state index in [9.17, 15) is 19.2 Å². The fourth-order valence-electron chi connectivity index (χ4n) is 6.71. The normalized spacial score (nSPS) is 9.97. The Bertz CT molecular complexity index is 2240. The molecule has 0 heterocycles. The average Bonchev–Trinajstić information content (AvgIpc) is 3.28. The molecule has 64 heavy (non-hydrogen) atoms. The Labute approximate surface area is 381 Å². The summed E-state index contributed by atoms with van der Waals surface area (Å²) in [7, 11) is 0. The number of hydrogen-bond donors (Lipinski definition) is 4. The fraction of sp³-hybridized carbons (Fsp3) is 0.357. The number of unbranched alkanes of at least 4 members (excludes halogenated alkanes) is 11. The first-order chi connectivity index (χ1) is 31.3. The van der Waals surface area contributed by atoms with Crippen molar-refractivity contribution in [3.63, 3.8) is 0 Å². The molecule has 0 fully saturated rings. The first-order valence-corrected chi connectivity index (χ1v) is 22.9. The average molecular weight is 855 g/mol. The maximum atomic E-state index is 12.6. The molecule has 0 aliphatic rings. The minimum Gasteiger partial charge on any atom is -0.326 e. The van der Waals surface area contributed by atoms with E-state index >= 15 is 0 Å². The summed E-state index contributed by atoms with van der Waals surface area (Å²) in [4.78, 5) is 49.5. The molecule has 0 bridgehead atoms. The van der Waals surface area contributed by atoms with Gasteiger partial charge in [-0.3, -0.25) is 19.2 Å². The molecule has 4 aromatic carbocycles. The van der Waals surface area contributed by atoms with Crippen LogP contribution < -0.4 is 21.3 Å². The van der Waals surface area contributed by atoms with Gasteiger partial charge in [0.15, 0.2) is 0 Å². The van der Waals surface area contributed by atoms with E-state index in [-0.39, 0.29) is 23.6 Å². The third-order valence-corrected chi connectivity index (χ3v) is 10.1. The molecule has 8 nitrogen and oxygen atoms in total. The van der Waals surface area contributed by atoms with Gasteiger partial charge in [-0.25, -0.2) is 0 Å². The van der Waals surface area contributed by atoms with Gasteiger partial charge in [-0.1, -0.05) is 126 Å². The fourth-order valence-corrected chi connectivity index (χ4v) is 6.71. The van der Waals surface area contributed by atoms with Crippen LogP contribution in [0.15, 0.2) is 97.1 Å². The highest BCUT2D eigenvalue weighted by molar-refractivity contribution is 5.92. The Morgan fingerprint density at radius 2 is 0.578 bits per heavy atom. The molecular formula is C56H62N4O4. The number of carbonyl (C=O) groups is 4. The highest BCUT2D eigenvalue weighted by atomic mass is 16.2. The van der Waals surface area contributed by atoms with Gasteiger partial charge >= 0.3 is 0 Å². The molecule has 0 saturated heterocycles. The van der Waals surface area contributed by atoms with E-state index in [1.807, 2.05) is 97.1 Å². The van der Waals surface area contributed by atoms with Crippen LogP contribution in [0.3, 0.4) is 0 Å². The number of carbonyl (C=O) groups excluding carboxylic acids is 4. The quantitative estimate of drug-likeness (QED) is 0.0439. The summed E-state index contributed by atoms with van der Waals surface area (Å²) >= 11 is 0. The zero-order valence-corrected chi connectivity index (χ0v) is 37.6. The summed E-state index contributed by atoms with van der Waals surface area (Å²) < 4.78 is 0. The van der Waals surface area contributed by atoms with E-state index < -0.39 is 0 Å². The summed E-state index contributed by atoms with van der Waals surface area (Å²) in [6.45, 7) is 4.23. The molecule has 4 N–H and O–H groups in total. The van der Waals surface area contributed by atoms with Crippen molar-refractivity contribution in [3.05, 3.63) is 119 Å². The van der Waals surface area contributed by atoms with Gasteiger partial charge in [0.05, 0.1) is 0 Å². The number of amides is 4.